The summed E-state index contributed by atoms with van der Waals surface area (Å²) in [5, 5.41) is 2.98. The molecule has 3 heterocycles. The van der Waals surface area contributed by atoms with E-state index in [0.717, 1.165) is 37.9 Å². The average Bonchev–Trinajstić information content (AvgIpc) is 3.13. The minimum Gasteiger partial charge on any atom is -0.341 e. The summed E-state index contributed by atoms with van der Waals surface area (Å²) < 4.78 is 1.89. The number of amides is 2. The van der Waals surface area contributed by atoms with Gasteiger partial charge in [0.05, 0.1) is 6.04 Å². The van der Waals surface area contributed by atoms with Gasteiger partial charge in [-0.05, 0) is 25.7 Å². The Bertz CT molecular complexity index is 797. The van der Waals surface area contributed by atoms with E-state index in [9.17, 15) is 9.59 Å². The van der Waals surface area contributed by atoms with E-state index < -0.39 is 5.91 Å². The van der Waals surface area contributed by atoms with Gasteiger partial charge in [-0.3, -0.25) is 9.59 Å². The summed E-state index contributed by atoms with van der Waals surface area (Å²) in [5.74, 6) is 0.153. The summed E-state index contributed by atoms with van der Waals surface area (Å²) >= 11 is 0. The Balaban J connectivity index is 1.82. The van der Waals surface area contributed by atoms with E-state index in [1.807, 2.05) is 17.8 Å². The zero-order valence-electron chi connectivity index (χ0n) is 15.9. The van der Waals surface area contributed by atoms with Gasteiger partial charge in [-0.1, -0.05) is 13.3 Å². The Morgan fingerprint density at radius 3 is 2.41 bits per heavy atom. The van der Waals surface area contributed by atoms with Crippen LogP contribution in [0.25, 0.3) is 0 Å². The summed E-state index contributed by atoms with van der Waals surface area (Å²) in [6, 6.07) is -0.248. The molecule has 0 spiro atoms. The van der Waals surface area contributed by atoms with Crippen LogP contribution in [0, 0.1) is 0 Å². The van der Waals surface area contributed by atoms with Gasteiger partial charge in [-0.25, -0.2) is 15.0 Å². The van der Waals surface area contributed by atoms with Crippen LogP contribution >= 0.6 is 0 Å². The number of carbonyl (C=O) groups is 2. The van der Waals surface area contributed by atoms with Gasteiger partial charge < -0.3 is 14.8 Å². The smallest absolute Gasteiger partial charge is 0.274 e. The zero-order valence-corrected chi connectivity index (χ0v) is 15.9. The first-order valence-electron chi connectivity index (χ1n) is 9.50. The molecule has 0 aliphatic carbocycles. The van der Waals surface area contributed by atoms with E-state index in [-0.39, 0.29) is 23.3 Å². The highest BCUT2D eigenvalue weighted by atomic mass is 16.2. The number of rotatable bonds is 6. The lowest BCUT2D eigenvalue weighted by Gasteiger charge is -2.26. The number of hydrogen-bond acceptors (Lipinski definition) is 5. The van der Waals surface area contributed by atoms with Crippen molar-refractivity contribution in [3.05, 3.63) is 42.0 Å². The summed E-state index contributed by atoms with van der Waals surface area (Å²) in [4.78, 5) is 40.2. The number of nitrogens with one attached hydrogen (secondary N) is 1. The molecule has 1 saturated heterocycles. The highest BCUT2D eigenvalue weighted by molar-refractivity contribution is 6.04. The van der Waals surface area contributed by atoms with Gasteiger partial charge in [0.25, 0.3) is 11.8 Å². The molecule has 0 radical (unpaired) electrons. The van der Waals surface area contributed by atoms with E-state index in [1.54, 1.807) is 11.1 Å². The minimum absolute atomic E-state index is 0.0726. The lowest BCUT2D eigenvalue weighted by molar-refractivity contribution is 0.0710. The molecule has 8 nitrogen and oxygen atoms in total. The number of carbonyl (C=O) groups excluding carboxylic acids is 2. The second kappa shape index (κ2) is 8.75. The third-order valence-corrected chi connectivity index (χ3v) is 4.81. The maximum absolute atomic E-state index is 12.9. The van der Waals surface area contributed by atoms with Crippen molar-refractivity contribution in [1.82, 2.24) is 29.7 Å². The van der Waals surface area contributed by atoms with E-state index in [4.69, 9.17) is 0 Å². The van der Waals surface area contributed by atoms with Crippen LogP contribution in [0.2, 0.25) is 0 Å². The molecule has 3 rings (SSSR count). The van der Waals surface area contributed by atoms with Crippen molar-refractivity contribution in [1.29, 1.82) is 0 Å². The number of aromatic nitrogens is 4. The van der Waals surface area contributed by atoms with Gasteiger partial charge in [-0.15, -0.1) is 0 Å². The van der Waals surface area contributed by atoms with Crippen molar-refractivity contribution >= 4 is 11.8 Å². The Morgan fingerprint density at radius 2 is 1.78 bits per heavy atom. The fourth-order valence-electron chi connectivity index (χ4n) is 3.40. The molecule has 27 heavy (non-hydrogen) atoms. The van der Waals surface area contributed by atoms with Crippen LogP contribution in [0.5, 0.6) is 0 Å². The molecule has 0 aromatic carbocycles. The van der Waals surface area contributed by atoms with Gasteiger partial charge in [-0.2, -0.15) is 0 Å². The molecule has 0 bridgehead atoms. The molecule has 144 valence electrons. The molecule has 1 unspecified atom stereocenters. The van der Waals surface area contributed by atoms with Crippen LogP contribution in [0.3, 0.4) is 0 Å². The van der Waals surface area contributed by atoms with E-state index in [1.165, 1.54) is 12.4 Å². The fourth-order valence-corrected chi connectivity index (χ4v) is 3.40. The minimum atomic E-state index is -0.398. The van der Waals surface area contributed by atoms with Gasteiger partial charge >= 0.3 is 0 Å². The van der Waals surface area contributed by atoms with E-state index in [2.05, 4.69) is 27.2 Å². The van der Waals surface area contributed by atoms with E-state index >= 15 is 0 Å². The van der Waals surface area contributed by atoms with Crippen LogP contribution < -0.4 is 5.32 Å². The van der Waals surface area contributed by atoms with Gasteiger partial charge in [0, 0.05) is 44.9 Å². The third-order valence-electron chi connectivity index (χ3n) is 4.81. The summed E-state index contributed by atoms with van der Waals surface area (Å²) in [6.07, 6.45) is 11.2. The van der Waals surface area contributed by atoms with Crippen molar-refractivity contribution in [3.8, 4) is 0 Å². The van der Waals surface area contributed by atoms with Crippen molar-refractivity contribution in [2.45, 2.75) is 45.1 Å². The molecule has 1 aliphatic heterocycles. The predicted octanol–water partition coefficient (Wildman–Crippen LogP) is 2.11. The van der Waals surface area contributed by atoms with Crippen LogP contribution in [-0.2, 0) is 7.05 Å². The molecule has 1 N–H and O–H groups in total. The summed E-state index contributed by atoms with van der Waals surface area (Å²) in [7, 11) is 1.89. The number of aryl methyl sites for hydroxylation is 1. The quantitative estimate of drug-likeness (QED) is 0.841. The molecule has 0 saturated carbocycles. The van der Waals surface area contributed by atoms with Crippen LogP contribution in [-0.4, -0.2) is 49.3 Å². The van der Waals surface area contributed by atoms with Gasteiger partial charge in [0.15, 0.2) is 11.4 Å². The zero-order chi connectivity index (χ0) is 19.2. The number of imidazole rings is 1. The van der Waals surface area contributed by atoms with Crippen molar-refractivity contribution in [2.75, 3.05) is 13.1 Å². The maximum Gasteiger partial charge on any atom is 0.274 e. The molecule has 1 aliphatic rings. The van der Waals surface area contributed by atoms with Gasteiger partial charge in [0.2, 0.25) is 0 Å². The first kappa shape index (κ1) is 19.0. The summed E-state index contributed by atoms with van der Waals surface area (Å²) in [6.45, 7) is 3.44. The molecule has 2 aromatic rings. The normalized spacial score (nSPS) is 15.4. The first-order valence-corrected chi connectivity index (χ1v) is 9.50. The number of piperidine rings is 1. The van der Waals surface area contributed by atoms with E-state index in [0.29, 0.717) is 13.1 Å². The SMILES string of the molecule is CCCC(NC(=O)c1nccnc1C(=O)N1CCCCC1)c1nccn1C. The van der Waals surface area contributed by atoms with Gasteiger partial charge in [0.1, 0.15) is 5.82 Å². The molecule has 2 aromatic heterocycles. The number of likely N-dealkylation sites (tertiary alicyclic amines) is 1. The Hall–Kier alpha value is -2.77. The topological polar surface area (TPSA) is 93.0 Å². The highest BCUT2D eigenvalue weighted by Crippen LogP contribution is 2.18. The molecule has 1 atom stereocenters. The van der Waals surface area contributed by atoms with Crippen LogP contribution in [0.15, 0.2) is 24.8 Å². The second-order valence-corrected chi connectivity index (χ2v) is 6.82. The number of hydrogen-bond donors (Lipinski definition) is 1. The van der Waals surface area contributed by atoms with Crippen molar-refractivity contribution in [2.24, 2.45) is 7.05 Å². The third kappa shape index (κ3) is 4.32. The lowest BCUT2D eigenvalue weighted by Crippen LogP contribution is -2.38. The largest absolute Gasteiger partial charge is 0.341 e. The molecule has 1 fully saturated rings. The monoisotopic (exact) mass is 370 g/mol. The standard InChI is InChI=1S/C19H26N6O2/c1-3-7-14(17-22-10-13-24(17)2)23-18(26)15-16(21-9-8-20-15)19(27)25-11-5-4-6-12-25/h8-10,13-14H,3-7,11-12H2,1-2H3,(H,23,26). The predicted molar refractivity (Wildman–Crippen MR) is 100 cm³/mol. The van der Waals surface area contributed by atoms with Crippen molar-refractivity contribution in [3.63, 3.8) is 0 Å². The Kier molecular flexibility index (Phi) is 6.16. The summed E-state index contributed by atoms with van der Waals surface area (Å²) in [5.41, 5.74) is 0.190. The van der Waals surface area contributed by atoms with Crippen molar-refractivity contribution < 1.29 is 9.59 Å². The second-order valence-electron chi connectivity index (χ2n) is 6.82. The van der Waals surface area contributed by atoms with Crippen LogP contribution in [0.1, 0.15) is 71.9 Å². The number of nitrogens with zero attached hydrogens (tertiary/aromatic N) is 5. The molecular formula is C19H26N6O2. The Labute approximate surface area is 159 Å². The first-order chi connectivity index (χ1) is 13.1. The lowest BCUT2D eigenvalue weighted by atomic mass is 10.1. The highest BCUT2D eigenvalue weighted by Gasteiger charge is 2.27. The van der Waals surface area contributed by atoms with Crippen LogP contribution in [0.4, 0.5) is 0 Å². The Morgan fingerprint density at radius 1 is 1.07 bits per heavy atom. The average molecular weight is 370 g/mol. The molecular weight excluding hydrogens is 344 g/mol. The molecule has 8 heteroatoms. The maximum atomic E-state index is 12.9. The molecule has 2 amide bonds. The fraction of sp³-hybridized carbons (Fsp3) is 0.526.